The Balaban J connectivity index is 2.20. The number of nitrogens with two attached hydrogens (primary N) is 1. The Labute approximate surface area is 113 Å². The molecule has 0 saturated heterocycles. The van der Waals surface area contributed by atoms with Crippen LogP contribution in [0.5, 0.6) is 0 Å². The minimum atomic E-state index is 0.0119. The molecule has 1 heterocycles. The third-order valence-corrected chi connectivity index (χ3v) is 3.32. The van der Waals surface area contributed by atoms with Gasteiger partial charge in [0.1, 0.15) is 11.3 Å². The highest BCUT2D eigenvalue weighted by molar-refractivity contribution is 5.78. The van der Waals surface area contributed by atoms with E-state index >= 15 is 0 Å². The van der Waals surface area contributed by atoms with Crippen LogP contribution in [0.4, 0.5) is 0 Å². The number of hydrogen-bond acceptors (Lipinski definition) is 4. The lowest BCUT2D eigenvalue weighted by Crippen LogP contribution is -2.29. The number of aryl methyl sites for hydroxylation is 1. The molecule has 19 heavy (non-hydrogen) atoms. The second kappa shape index (κ2) is 6.19. The minimum Gasteiger partial charge on any atom is -0.459 e. The van der Waals surface area contributed by atoms with E-state index in [1.165, 1.54) is 5.56 Å². The van der Waals surface area contributed by atoms with Gasteiger partial charge >= 0.3 is 0 Å². The van der Waals surface area contributed by atoms with Gasteiger partial charge in [0.25, 0.3) is 0 Å². The van der Waals surface area contributed by atoms with Crippen molar-refractivity contribution in [2.45, 2.75) is 26.3 Å². The Morgan fingerprint density at radius 1 is 1.37 bits per heavy atom. The predicted octanol–water partition coefficient (Wildman–Crippen LogP) is 2.92. The van der Waals surface area contributed by atoms with Crippen LogP contribution in [0.3, 0.4) is 0 Å². The van der Waals surface area contributed by atoms with Gasteiger partial charge < -0.3 is 9.15 Å². The van der Waals surface area contributed by atoms with Crippen molar-refractivity contribution in [3.63, 3.8) is 0 Å². The Morgan fingerprint density at radius 3 is 2.84 bits per heavy atom. The average molecular weight is 262 g/mol. The molecule has 0 saturated carbocycles. The van der Waals surface area contributed by atoms with E-state index in [0.717, 1.165) is 29.8 Å². The second-order valence-corrected chi connectivity index (χ2v) is 5.21. The predicted molar refractivity (Wildman–Crippen MR) is 76.7 cm³/mol. The van der Waals surface area contributed by atoms with Crippen molar-refractivity contribution in [1.82, 2.24) is 5.43 Å². The van der Waals surface area contributed by atoms with E-state index in [-0.39, 0.29) is 6.04 Å². The molecule has 0 bridgehead atoms. The fraction of sp³-hybridized carbons (Fsp3) is 0.467. The molecule has 0 aliphatic heterocycles. The van der Waals surface area contributed by atoms with Crippen molar-refractivity contribution in [1.29, 1.82) is 0 Å². The first-order chi connectivity index (χ1) is 9.13. The first-order valence-corrected chi connectivity index (χ1v) is 6.59. The van der Waals surface area contributed by atoms with Crippen molar-refractivity contribution in [3.8, 4) is 0 Å². The van der Waals surface area contributed by atoms with Crippen molar-refractivity contribution >= 4 is 11.0 Å². The molecule has 0 amide bonds. The van der Waals surface area contributed by atoms with Gasteiger partial charge in [0.05, 0.1) is 6.04 Å². The largest absolute Gasteiger partial charge is 0.459 e. The zero-order valence-corrected chi connectivity index (χ0v) is 11.8. The van der Waals surface area contributed by atoms with Gasteiger partial charge in [0.15, 0.2) is 0 Å². The zero-order chi connectivity index (χ0) is 13.8. The van der Waals surface area contributed by atoms with Crippen molar-refractivity contribution in [2.24, 2.45) is 11.8 Å². The Hall–Kier alpha value is -1.36. The first-order valence-electron chi connectivity index (χ1n) is 6.59. The van der Waals surface area contributed by atoms with Crippen LogP contribution in [0.15, 0.2) is 28.7 Å². The summed E-state index contributed by atoms with van der Waals surface area (Å²) in [4.78, 5) is 0. The SMILES string of the molecule is COCC(C)CC(NN)c1cc2cc(C)ccc2o1. The van der Waals surface area contributed by atoms with Crippen LogP contribution in [0, 0.1) is 12.8 Å². The van der Waals surface area contributed by atoms with E-state index in [1.807, 2.05) is 12.1 Å². The number of hydrogen-bond donors (Lipinski definition) is 2. The zero-order valence-electron chi connectivity index (χ0n) is 11.8. The Morgan fingerprint density at radius 2 is 2.16 bits per heavy atom. The molecule has 4 nitrogen and oxygen atoms in total. The smallest absolute Gasteiger partial charge is 0.134 e. The molecule has 0 radical (unpaired) electrons. The third-order valence-electron chi connectivity index (χ3n) is 3.32. The molecule has 1 aromatic heterocycles. The topological polar surface area (TPSA) is 60.4 Å². The standard InChI is InChI=1S/C15H22N2O2/c1-10-4-5-14-12(6-10)8-15(19-14)13(17-16)7-11(2)9-18-3/h4-6,8,11,13,17H,7,9,16H2,1-3H3. The highest BCUT2D eigenvalue weighted by Gasteiger charge is 2.18. The molecule has 0 spiro atoms. The summed E-state index contributed by atoms with van der Waals surface area (Å²) in [6.07, 6.45) is 0.878. The molecule has 104 valence electrons. The first kappa shape index (κ1) is 14.1. The molecule has 0 aliphatic rings. The quantitative estimate of drug-likeness (QED) is 0.620. The number of fused-ring (bicyclic) bond motifs is 1. The average Bonchev–Trinajstić information content (AvgIpc) is 2.78. The molecule has 2 rings (SSSR count). The van der Waals surface area contributed by atoms with Gasteiger partial charge in [-0.05, 0) is 37.5 Å². The summed E-state index contributed by atoms with van der Waals surface area (Å²) in [6.45, 7) is 4.93. The highest BCUT2D eigenvalue weighted by atomic mass is 16.5. The lowest BCUT2D eigenvalue weighted by Gasteiger charge is -2.17. The number of methoxy groups -OCH3 is 1. The van der Waals surface area contributed by atoms with Gasteiger partial charge in [-0.2, -0.15) is 0 Å². The lowest BCUT2D eigenvalue weighted by atomic mass is 10.0. The van der Waals surface area contributed by atoms with Crippen LogP contribution in [0.2, 0.25) is 0 Å². The number of rotatable bonds is 6. The maximum absolute atomic E-state index is 5.87. The van der Waals surface area contributed by atoms with Crippen molar-refractivity contribution in [2.75, 3.05) is 13.7 Å². The van der Waals surface area contributed by atoms with Crippen molar-refractivity contribution < 1.29 is 9.15 Å². The number of benzene rings is 1. The summed E-state index contributed by atoms with van der Waals surface area (Å²) in [5.74, 6) is 6.95. The highest BCUT2D eigenvalue weighted by Crippen LogP contribution is 2.28. The molecule has 2 atom stereocenters. The van der Waals surface area contributed by atoms with E-state index in [2.05, 4.69) is 31.4 Å². The molecular formula is C15H22N2O2. The summed E-state index contributed by atoms with van der Waals surface area (Å²) in [5, 5.41) is 1.12. The van der Waals surface area contributed by atoms with E-state index < -0.39 is 0 Å². The summed E-state index contributed by atoms with van der Waals surface area (Å²) in [5.41, 5.74) is 4.96. The number of nitrogens with one attached hydrogen (secondary N) is 1. The number of hydrazine groups is 1. The van der Waals surface area contributed by atoms with E-state index in [4.69, 9.17) is 15.0 Å². The monoisotopic (exact) mass is 262 g/mol. The van der Waals surface area contributed by atoms with Gasteiger partial charge in [0, 0.05) is 19.1 Å². The van der Waals surface area contributed by atoms with Gasteiger partial charge in [-0.3, -0.25) is 5.84 Å². The molecule has 2 unspecified atom stereocenters. The summed E-state index contributed by atoms with van der Waals surface area (Å²) >= 11 is 0. The summed E-state index contributed by atoms with van der Waals surface area (Å²) < 4.78 is 11.0. The van der Waals surface area contributed by atoms with Crippen LogP contribution >= 0.6 is 0 Å². The van der Waals surface area contributed by atoms with Crippen LogP contribution in [-0.4, -0.2) is 13.7 Å². The van der Waals surface area contributed by atoms with Crippen LogP contribution < -0.4 is 11.3 Å². The van der Waals surface area contributed by atoms with Gasteiger partial charge in [-0.1, -0.05) is 18.6 Å². The molecule has 3 N–H and O–H groups in total. The van der Waals surface area contributed by atoms with Gasteiger partial charge in [-0.15, -0.1) is 0 Å². The van der Waals surface area contributed by atoms with Crippen LogP contribution in [0.1, 0.15) is 30.7 Å². The fourth-order valence-corrected chi connectivity index (χ4v) is 2.38. The fourth-order valence-electron chi connectivity index (χ4n) is 2.38. The normalized spacial score (nSPS) is 14.7. The maximum atomic E-state index is 5.87. The molecule has 1 aromatic carbocycles. The summed E-state index contributed by atoms with van der Waals surface area (Å²) in [6, 6.07) is 8.24. The Kier molecular flexibility index (Phi) is 4.58. The van der Waals surface area contributed by atoms with Crippen LogP contribution in [-0.2, 0) is 4.74 Å². The van der Waals surface area contributed by atoms with E-state index in [1.54, 1.807) is 7.11 Å². The minimum absolute atomic E-state index is 0.0119. The van der Waals surface area contributed by atoms with Gasteiger partial charge in [-0.25, -0.2) is 5.43 Å². The van der Waals surface area contributed by atoms with Gasteiger partial charge in [0.2, 0.25) is 0 Å². The second-order valence-electron chi connectivity index (χ2n) is 5.21. The Bertz CT molecular complexity index is 536. The lowest BCUT2D eigenvalue weighted by molar-refractivity contribution is 0.147. The van der Waals surface area contributed by atoms with Crippen LogP contribution in [0.25, 0.3) is 11.0 Å². The number of furan rings is 1. The molecule has 4 heteroatoms. The van der Waals surface area contributed by atoms with E-state index in [9.17, 15) is 0 Å². The third kappa shape index (κ3) is 3.35. The molecule has 0 fully saturated rings. The molecular weight excluding hydrogens is 240 g/mol. The van der Waals surface area contributed by atoms with Crippen molar-refractivity contribution in [3.05, 3.63) is 35.6 Å². The molecule has 0 aliphatic carbocycles. The maximum Gasteiger partial charge on any atom is 0.134 e. The van der Waals surface area contributed by atoms with E-state index in [0.29, 0.717) is 5.92 Å². The molecule has 2 aromatic rings. The number of ether oxygens (including phenoxy) is 1. The summed E-state index contributed by atoms with van der Waals surface area (Å²) in [7, 11) is 1.71.